The normalized spacial score (nSPS) is 15.9. The van der Waals surface area contributed by atoms with Crippen LogP contribution in [0.1, 0.15) is 17.4 Å². The zero-order chi connectivity index (χ0) is 13.3. The number of aryl methyl sites for hydroxylation is 1. The standard InChI is InChI=1S/C12H18N4O2/c1-9(17)15-3-5-16(6-4-15)12(18)11-7-10(13)8-14(11)2/h7-8H,3-6,13H2,1-2H3. The molecule has 2 N–H and O–H groups in total. The Labute approximate surface area is 106 Å². The number of nitrogen functional groups attached to an aromatic ring is 1. The Hall–Kier alpha value is -1.98. The number of anilines is 1. The van der Waals surface area contributed by atoms with Crippen LogP contribution in [0.15, 0.2) is 12.3 Å². The first-order valence-electron chi connectivity index (χ1n) is 5.95. The van der Waals surface area contributed by atoms with E-state index >= 15 is 0 Å². The van der Waals surface area contributed by atoms with Crippen LogP contribution in [0.4, 0.5) is 5.69 Å². The van der Waals surface area contributed by atoms with Gasteiger partial charge in [0, 0.05) is 46.3 Å². The zero-order valence-electron chi connectivity index (χ0n) is 10.7. The van der Waals surface area contributed by atoms with Crippen molar-refractivity contribution in [3.8, 4) is 0 Å². The summed E-state index contributed by atoms with van der Waals surface area (Å²) in [5, 5.41) is 0. The number of amides is 2. The fourth-order valence-corrected chi connectivity index (χ4v) is 2.19. The zero-order valence-corrected chi connectivity index (χ0v) is 10.7. The van der Waals surface area contributed by atoms with Gasteiger partial charge in [0.15, 0.2) is 0 Å². The van der Waals surface area contributed by atoms with Crippen LogP contribution in [0, 0.1) is 0 Å². The van der Waals surface area contributed by atoms with Gasteiger partial charge < -0.3 is 20.1 Å². The van der Waals surface area contributed by atoms with E-state index in [0.717, 1.165) is 0 Å². The molecule has 0 saturated carbocycles. The van der Waals surface area contributed by atoms with E-state index in [1.807, 2.05) is 0 Å². The van der Waals surface area contributed by atoms with Crippen molar-refractivity contribution >= 4 is 17.5 Å². The predicted octanol–water partition coefficient (Wildman–Crippen LogP) is -0.0884. The number of hydrogen-bond acceptors (Lipinski definition) is 3. The van der Waals surface area contributed by atoms with Crippen molar-refractivity contribution < 1.29 is 9.59 Å². The average Bonchev–Trinajstić information content (AvgIpc) is 2.67. The molecule has 0 radical (unpaired) electrons. The summed E-state index contributed by atoms with van der Waals surface area (Å²) in [4.78, 5) is 27.0. The molecule has 0 aromatic carbocycles. The van der Waals surface area contributed by atoms with Crippen LogP contribution in [0.25, 0.3) is 0 Å². The molecule has 1 saturated heterocycles. The first kappa shape index (κ1) is 12.5. The number of nitrogens with zero attached hydrogens (tertiary/aromatic N) is 3. The highest BCUT2D eigenvalue weighted by atomic mass is 16.2. The minimum Gasteiger partial charge on any atom is -0.397 e. The summed E-state index contributed by atoms with van der Waals surface area (Å²) >= 11 is 0. The fraction of sp³-hybridized carbons (Fsp3) is 0.500. The summed E-state index contributed by atoms with van der Waals surface area (Å²) < 4.78 is 1.73. The Bertz CT molecular complexity index is 472. The Balaban J connectivity index is 2.04. The molecule has 1 aliphatic rings. The van der Waals surface area contributed by atoms with Gasteiger partial charge >= 0.3 is 0 Å². The Kier molecular flexibility index (Phi) is 3.27. The van der Waals surface area contributed by atoms with Crippen molar-refractivity contribution in [2.45, 2.75) is 6.92 Å². The molecule has 0 bridgehead atoms. The lowest BCUT2D eigenvalue weighted by molar-refractivity contribution is -0.130. The quantitative estimate of drug-likeness (QED) is 0.757. The lowest BCUT2D eigenvalue weighted by atomic mass is 10.2. The lowest BCUT2D eigenvalue weighted by Gasteiger charge is -2.34. The third-order valence-corrected chi connectivity index (χ3v) is 3.26. The second-order valence-corrected chi connectivity index (χ2v) is 4.57. The third kappa shape index (κ3) is 2.32. The summed E-state index contributed by atoms with van der Waals surface area (Å²) in [6, 6.07) is 1.68. The van der Waals surface area contributed by atoms with E-state index in [-0.39, 0.29) is 11.8 Å². The number of hydrogen-bond donors (Lipinski definition) is 1. The molecule has 98 valence electrons. The van der Waals surface area contributed by atoms with Gasteiger partial charge in [0.05, 0.1) is 5.69 Å². The van der Waals surface area contributed by atoms with Crippen LogP contribution < -0.4 is 5.73 Å². The summed E-state index contributed by atoms with van der Waals surface area (Å²) in [5.41, 5.74) is 6.84. The number of nitrogens with two attached hydrogens (primary N) is 1. The van der Waals surface area contributed by atoms with Crippen molar-refractivity contribution in [2.75, 3.05) is 31.9 Å². The van der Waals surface area contributed by atoms with E-state index in [1.165, 1.54) is 0 Å². The molecule has 1 aromatic rings. The van der Waals surface area contributed by atoms with Crippen molar-refractivity contribution in [3.05, 3.63) is 18.0 Å². The molecule has 1 aromatic heterocycles. The van der Waals surface area contributed by atoms with E-state index in [1.54, 1.807) is 40.6 Å². The highest BCUT2D eigenvalue weighted by Gasteiger charge is 2.24. The molecule has 6 nitrogen and oxygen atoms in total. The van der Waals surface area contributed by atoms with E-state index in [4.69, 9.17) is 5.73 Å². The molecule has 2 amide bonds. The second-order valence-electron chi connectivity index (χ2n) is 4.57. The monoisotopic (exact) mass is 250 g/mol. The maximum atomic E-state index is 12.3. The molecular formula is C12H18N4O2. The van der Waals surface area contributed by atoms with E-state index in [9.17, 15) is 9.59 Å². The van der Waals surface area contributed by atoms with Crippen LogP contribution in [0.2, 0.25) is 0 Å². The van der Waals surface area contributed by atoms with Gasteiger partial charge in [-0.2, -0.15) is 0 Å². The maximum absolute atomic E-state index is 12.3. The first-order valence-corrected chi connectivity index (χ1v) is 5.95. The highest BCUT2D eigenvalue weighted by molar-refractivity contribution is 5.94. The van der Waals surface area contributed by atoms with E-state index in [0.29, 0.717) is 37.6 Å². The molecular weight excluding hydrogens is 232 g/mol. The summed E-state index contributed by atoms with van der Waals surface area (Å²) in [6.45, 7) is 3.89. The lowest BCUT2D eigenvalue weighted by Crippen LogP contribution is -2.50. The van der Waals surface area contributed by atoms with Crippen LogP contribution >= 0.6 is 0 Å². The highest BCUT2D eigenvalue weighted by Crippen LogP contribution is 2.13. The second kappa shape index (κ2) is 4.72. The summed E-state index contributed by atoms with van der Waals surface area (Å²) in [5.74, 6) is 0.0302. The number of rotatable bonds is 1. The molecule has 0 aliphatic carbocycles. The maximum Gasteiger partial charge on any atom is 0.270 e. The van der Waals surface area contributed by atoms with E-state index in [2.05, 4.69) is 0 Å². The van der Waals surface area contributed by atoms with Gasteiger partial charge in [-0.1, -0.05) is 0 Å². The predicted molar refractivity (Wildman–Crippen MR) is 68.0 cm³/mol. The number of carbonyl (C=O) groups excluding carboxylic acids is 2. The van der Waals surface area contributed by atoms with Gasteiger partial charge in [-0.25, -0.2) is 0 Å². The molecule has 18 heavy (non-hydrogen) atoms. The molecule has 2 rings (SSSR count). The smallest absolute Gasteiger partial charge is 0.270 e. The molecule has 0 unspecified atom stereocenters. The fourth-order valence-electron chi connectivity index (χ4n) is 2.19. The molecule has 6 heteroatoms. The van der Waals surface area contributed by atoms with Crippen molar-refractivity contribution in [2.24, 2.45) is 7.05 Å². The summed E-state index contributed by atoms with van der Waals surface area (Å²) in [7, 11) is 1.80. The summed E-state index contributed by atoms with van der Waals surface area (Å²) in [6.07, 6.45) is 1.72. The minimum atomic E-state index is -0.0302. The van der Waals surface area contributed by atoms with E-state index < -0.39 is 0 Å². The van der Waals surface area contributed by atoms with Crippen LogP contribution in [-0.4, -0.2) is 52.4 Å². The molecule has 2 heterocycles. The van der Waals surface area contributed by atoms with Gasteiger partial charge in [-0.05, 0) is 6.07 Å². The van der Waals surface area contributed by atoms with Gasteiger partial charge in [0.1, 0.15) is 5.69 Å². The molecule has 0 atom stereocenters. The average molecular weight is 250 g/mol. The molecule has 0 spiro atoms. The largest absolute Gasteiger partial charge is 0.397 e. The van der Waals surface area contributed by atoms with Crippen molar-refractivity contribution in [1.29, 1.82) is 0 Å². The van der Waals surface area contributed by atoms with Crippen LogP contribution in [0.3, 0.4) is 0 Å². The Morgan fingerprint density at radius 3 is 2.17 bits per heavy atom. The van der Waals surface area contributed by atoms with Crippen LogP contribution in [0.5, 0.6) is 0 Å². The minimum absolute atomic E-state index is 0.0302. The number of carbonyl (C=O) groups is 2. The van der Waals surface area contributed by atoms with Gasteiger partial charge in [0.2, 0.25) is 5.91 Å². The Morgan fingerprint density at radius 1 is 1.17 bits per heavy atom. The topological polar surface area (TPSA) is 71.6 Å². The number of piperazine rings is 1. The first-order chi connectivity index (χ1) is 8.49. The molecule has 1 aliphatic heterocycles. The SMILES string of the molecule is CC(=O)N1CCN(C(=O)c2cc(N)cn2C)CC1. The van der Waals surface area contributed by atoms with Gasteiger partial charge in [-0.15, -0.1) is 0 Å². The van der Waals surface area contributed by atoms with Crippen molar-refractivity contribution in [3.63, 3.8) is 0 Å². The Morgan fingerprint density at radius 2 is 1.72 bits per heavy atom. The van der Waals surface area contributed by atoms with Crippen molar-refractivity contribution in [1.82, 2.24) is 14.4 Å². The third-order valence-electron chi connectivity index (χ3n) is 3.26. The van der Waals surface area contributed by atoms with Gasteiger partial charge in [-0.3, -0.25) is 9.59 Å². The van der Waals surface area contributed by atoms with Gasteiger partial charge in [0.25, 0.3) is 5.91 Å². The molecule has 1 fully saturated rings. The number of aromatic nitrogens is 1. The van der Waals surface area contributed by atoms with Crippen LogP contribution in [-0.2, 0) is 11.8 Å².